The van der Waals surface area contributed by atoms with E-state index in [2.05, 4.69) is 10.3 Å². The fourth-order valence-electron chi connectivity index (χ4n) is 3.15. The van der Waals surface area contributed by atoms with Gasteiger partial charge in [0.25, 0.3) is 0 Å². The zero-order chi connectivity index (χ0) is 20.3. The molecule has 2 unspecified atom stereocenters. The predicted octanol–water partition coefficient (Wildman–Crippen LogP) is 4.19. The molecule has 3 heterocycles. The first-order chi connectivity index (χ1) is 13.5. The van der Waals surface area contributed by atoms with Crippen molar-refractivity contribution in [3.8, 4) is 0 Å². The number of thiophene rings is 1. The Morgan fingerprint density at radius 1 is 1.39 bits per heavy atom. The van der Waals surface area contributed by atoms with Crippen LogP contribution in [0.4, 0.5) is 0 Å². The number of thioether (sulfide) groups is 1. The lowest BCUT2D eigenvalue weighted by atomic mass is 9.99. The molecule has 2 atom stereocenters. The highest BCUT2D eigenvalue weighted by Crippen LogP contribution is 2.45. The highest BCUT2D eigenvalue weighted by Gasteiger charge is 2.41. The minimum absolute atomic E-state index is 0.0312. The van der Waals surface area contributed by atoms with E-state index in [1.165, 1.54) is 11.8 Å². The molecule has 3 rings (SSSR count). The van der Waals surface area contributed by atoms with E-state index < -0.39 is 0 Å². The molecule has 0 spiro atoms. The van der Waals surface area contributed by atoms with Crippen LogP contribution in [0.3, 0.4) is 0 Å². The average Bonchev–Trinajstić information content (AvgIpc) is 3.31. The molecule has 1 N–H and O–H groups in total. The topological polar surface area (TPSA) is 71.0 Å². The minimum Gasteiger partial charge on any atom is -0.463 e. The number of hydrogen-bond acceptors (Lipinski definition) is 7. The predicted molar refractivity (Wildman–Crippen MR) is 114 cm³/mol. The molecule has 28 heavy (non-hydrogen) atoms. The van der Waals surface area contributed by atoms with Gasteiger partial charge in [0.1, 0.15) is 6.04 Å². The first-order valence-corrected chi connectivity index (χ1v) is 11.2. The van der Waals surface area contributed by atoms with Gasteiger partial charge in [-0.2, -0.15) is 0 Å². The van der Waals surface area contributed by atoms with Gasteiger partial charge in [0.05, 0.1) is 24.3 Å². The van der Waals surface area contributed by atoms with Crippen molar-refractivity contribution < 1.29 is 14.3 Å². The summed E-state index contributed by atoms with van der Waals surface area (Å²) in [7, 11) is 0. The number of nitrogens with zero attached hydrogens (tertiary/aromatic N) is 2. The van der Waals surface area contributed by atoms with E-state index in [1.807, 2.05) is 48.6 Å². The summed E-state index contributed by atoms with van der Waals surface area (Å²) in [5.74, 6) is -0.391. The van der Waals surface area contributed by atoms with Crippen LogP contribution in [0, 0.1) is 0 Å². The molecule has 0 saturated heterocycles. The number of ether oxygens (including phenoxy) is 1. The van der Waals surface area contributed by atoms with Crippen molar-refractivity contribution in [2.45, 2.75) is 52.6 Å². The van der Waals surface area contributed by atoms with Gasteiger partial charge in [0.2, 0.25) is 5.91 Å². The van der Waals surface area contributed by atoms with Crippen molar-refractivity contribution in [2.75, 3.05) is 6.61 Å². The minimum atomic E-state index is -0.360. The molecule has 0 saturated carbocycles. The zero-order valence-electron chi connectivity index (χ0n) is 16.5. The van der Waals surface area contributed by atoms with Crippen LogP contribution in [-0.2, 0) is 14.3 Å². The molecule has 0 radical (unpaired) electrons. The molecule has 2 aliphatic rings. The second kappa shape index (κ2) is 8.96. The molecule has 6 nitrogen and oxygen atoms in total. The highest BCUT2D eigenvalue weighted by molar-refractivity contribution is 8.16. The van der Waals surface area contributed by atoms with Gasteiger partial charge in [-0.25, -0.2) is 9.79 Å². The first-order valence-electron chi connectivity index (χ1n) is 9.40. The van der Waals surface area contributed by atoms with E-state index in [1.54, 1.807) is 18.3 Å². The van der Waals surface area contributed by atoms with Gasteiger partial charge in [-0.05, 0) is 44.0 Å². The Labute approximate surface area is 173 Å². The monoisotopic (exact) mass is 419 g/mol. The summed E-state index contributed by atoms with van der Waals surface area (Å²) in [5.41, 5.74) is 2.04. The molecule has 8 heteroatoms. The summed E-state index contributed by atoms with van der Waals surface area (Å²) < 4.78 is 5.32. The largest absolute Gasteiger partial charge is 0.463 e. The molecule has 1 amide bonds. The number of fused-ring (bicyclic) bond motifs is 1. The first kappa shape index (κ1) is 20.7. The number of nitrogens with one attached hydrogen (secondary N) is 1. The molecule has 2 aliphatic heterocycles. The number of carbonyl (C=O) groups excluding carboxylic acids is 2. The number of allylic oxidation sites excluding steroid dienone is 1. The van der Waals surface area contributed by atoms with Crippen molar-refractivity contribution >= 4 is 40.1 Å². The SMILES string of the molecule is CCOC(=O)C1=C(C)N=C2SC=C(CC(=O)NC(C)CC)N2C1c1cccs1. The summed E-state index contributed by atoms with van der Waals surface area (Å²) in [5, 5.41) is 7.74. The molecule has 0 aromatic carbocycles. The van der Waals surface area contributed by atoms with E-state index in [0.29, 0.717) is 17.9 Å². The third-order valence-corrected chi connectivity index (χ3v) is 6.48. The van der Waals surface area contributed by atoms with Crippen molar-refractivity contribution in [2.24, 2.45) is 4.99 Å². The van der Waals surface area contributed by atoms with Crippen molar-refractivity contribution in [3.63, 3.8) is 0 Å². The fraction of sp³-hybridized carbons (Fsp3) is 0.450. The molecule has 1 aromatic heterocycles. The van der Waals surface area contributed by atoms with Crippen LogP contribution in [0.15, 0.2) is 44.9 Å². The number of aliphatic imine (C=N–C) groups is 1. The summed E-state index contributed by atoms with van der Waals surface area (Å²) in [6, 6.07) is 3.77. The van der Waals surface area contributed by atoms with Crippen LogP contribution >= 0.6 is 23.1 Å². The number of amidine groups is 1. The third kappa shape index (κ3) is 4.17. The van der Waals surface area contributed by atoms with Crippen LogP contribution < -0.4 is 5.32 Å². The number of amides is 1. The maximum absolute atomic E-state index is 12.7. The number of esters is 1. The third-order valence-electron chi connectivity index (χ3n) is 4.67. The maximum atomic E-state index is 12.7. The van der Waals surface area contributed by atoms with Crippen LogP contribution in [0.25, 0.3) is 0 Å². The smallest absolute Gasteiger partial charge is 0.338 e. The average molecular weight is 420 g/mol. The molecule has 0 fully saturated rings. The van der Waals surface area contributed by atoms with Crippen molar-refractivity contribution in [1.29, 1.82) is 0 Å². The van der Waals surface area contributed by atoms with Crippen LogP contribution in [-0.4, -0.2) is 34.6 Å². The molecule has 1 aromatic rings. The van der Waals surface area contributed by atoms with Gasteiger partial charge in [-0.15, -0.1) is 11.3 Å². The quantitative estimate of drug-likeness (QED) is 0.671. The van der Waals surface area contributed by atoms with E-state index in [-0.39, 0.29) is 30.4 Å². The Bertz CT molecular complexity index is 843. The van der Waals surface area contributed by atoms with E-state index in [0.717, 1.165) is 22.2 Å². The normalized spacial score (nSPS) is 19.7. The molecule has 0 bridgehead atoms. The molecular weight excluding hydrogens is 394 g/mol. The zero-order valence-corrected chi connectivity index (χ0v) is 18.2. The van der Waals surface area contributed by atoms with E-state index in [9.17, 15) is 9.59 Å². The number of carbonyl (C=O) groups is 2. The maximum Gasteiger partial charge on any atom is 0.338 e. The van der Waals surface area contributed by atoms with Crippen molar-refractivity contribution in [3.05, 3.63) is 44.8 Å². The summed E-state index contributed by atoms with van der Waals surface area (Å²) in [4.78, 5) is 32.9. The van der Waals surface area contributed by atoms with Gasteiger partial charge in [-0.3, -0.25) is 4.79 Å². The second-order valence-electron chi connectivity index (χ2n) is 6.68. The Morgan fingerprint density at radius 3 is 2.82 bits per heavy atom. The molecule has 150 valence electrons. The number of hydrogen-bond donors (Lipinski definition) is 1. The number of rotatable bonds is 7. The summed E-state index contributed by atoms with van der Waals surface area (Å²) in [6.45, 7) is 7.96. The van der Waals surface area contributed by atoms with E-state index >= 15 is 0 Å². The Morgan fingerprint density at radius 2 is 2.18 bits per heavy atom. The Kier molecular flexibility index (Phi) is 6.61. The summed E-state index contributed by atoms with van der Waals surface area (Å²) in [6.07, 6.45) is 1.12. The second-order valence-corrected chi connectivity index (χ2v) is 8.50. The molecule has 0 aliphatic carbocycles. The molecular formula is C20H25N3O3S2. The van der Waals surface area contributed by atoms with Crippen molar-refractivity contribution in [1.82, 2.24) is 10.2 Å². The van der Waals surface area contributed by atoms with Gasteiger partial charge < -0.3 is 15.0 Å². The lowest BCUT2D eigenvalue weighted by Gasteiger charge is -2.35. The lowest BCUT2D eigenvalue weighted by molar-refractivity contribution is -0.139. The summed E-state index contributed by atoms with van der Waals surface area (Å²) >= 11 is 3.06. The Balaban J connectivity index is 1.94. The van der Waals surface area contributed by atoms with Gasteiger partial charge in [0.15, 0.2) is 5.17 Å². The van der Waals surface area contributed by atoms with Gasteiger partial charge in [0, 0.05) is 16.6 Å². The standard InChI is InChI=1S/C20H25N3O3S2/c1-5-12(3)21-16(24)10-14-11-28-20-22-13(4)17(19(25)26-6-2)18(23(14)20)15-8-7-9-27-15/h7-9,11-12,18H,5-6,10H2,1-4H3,(H,21,24). The Hall–Kier alpha value is -2.06. The lowest BCUT2D eigenvalue weighted by Crippen LogP contribution is -2.38. The van der Waals surface area contributed by atoms with E-state index in [4.69, 9.17) is 4.74 Å². The van der Waals surface area contributed by atoms with Gasteiger partial charge in [-0.1, -0.05) is 24.8 Å². The van der Waals surface area contributed by atoms with Crippen LogP contribution in [0.5, 0.6) is 0 Å². The highest BCUT2D eigenvalue weighted by atomic mass is 32.2. The fourth-order valence-corrected chi connectivity index (χ4v) is 4.94. The van der Waals surface area contributed by atoms with Gasteiger partial charge >= 0.3 is 5.97 Å². The van der Waals surface area contributed by atoms with Crippen LogP contribution in [0.2, 0.25) is 0 Å². The van der Waals surface area contributed by atoms with Crippen LogP contribution in [0.1, 0.15) is 51.5 Å².